The Kier molecular flexibility index (Phi) is 5.36. The van der Waals surface area contributed by atoms with Crippen molar-refractivity contribution in [2.24, 2.45) is 0 Å². The number of para-hydroxylation sites is 3. The molecule has 0 spiro atoms. The van der Waals surface area contributed by atoms with Gasteiger partial charge >= 0.3 is 0 Å². The molecule has 0 atom stereocenters. The molecule has 0 radical (unpaired) electrons. The van der Waals surface area contributed by atoms with Crippen LogP contribution in [0.3, 0.4) is 0 Å². The van der Waals surface area contributed by atoms with Gasteiger partial charge in [0, 0.05) is 6.20 Å². The number of tetrazole rings is 1. The Labute approximate surface area is 170 Å². The second kappa shape index (κ2) is 8.24. The highest BCUT2D eigenvalue weighted by atomic mass is 35.5. The fourth-order valence-corrected chi connectivity index (χ4v) is 2.96. The van der Waals surface area contributed by atoms with Crippen LogP contribution in [0.1, 0.15) is 5.82 Å². The number of nitrogens with zero attached hydrogens (tertiary/aromatic N) is 5. The van der Waals surface area contributed by atoms with Gasteiger partial charge in [-0.25, -0.2) is 4.98 Å². The van der Waals surface area contributed by atoms with Crippen LogP contribution in [0.2, 0.25) is 10.0 Å². The van der Waals surface area contributed by atoms with Crippen LogP contribution in [0.5, 0.6) is 11.6 Å². The van der Waals surface area contributed by atoms with E-state index < -0.39 is 0 Å². The van der Waals surface area contributed by atoms with Crippen molar-refractivity contribution in [3.8, 4) is 17.3 Å². The van der Waals surface area contributed by atoms with Gasteiger partial charge in [0.05, 0.1) is 22.9 Å². The van der Waals surface area contributed by atoms with Crippen LogP contribution in [-0.2, 0) is 6.54 Å². The van der Waals surface area contributed by atoms with Gasteiger partial charge in [-0.2, -0.15) is 4.68 Å². The molecule has 0 bridgehead atoms. The van der Waals surface area contributed by atoms with Gasteiger partial charge < -0.3 is 10.1 Å². The summed E-state index contributed by atoms with van der Waals surface area (Å²) in [4.78, 5) is 4.13. The molecule has 0 saturated heterocycles. The first-order valence-corrected chi connectivity index (χ1v) is 9.11. The molecule has 0 aliphatic carbocycles. The van der Waals surface area contributed by atoms with Gasteiger partial charge in [0.1, 0.15) is 5.02 Å². The van der Waals surface area contributed by atoms with Crippen molar-refractivity contribution in [2.45, 2.75) is 6.54 Å². The summed E-state index contributed by atoms with van der Waals surface area (Å²) in [6, 6.07) is 18.7. The Morgan fingerprint density at radius 3 is 2.61 bits per heavy atom. The van der Waals surface area contributed by atoms with E-state index in [2.05, 4.69) is 25.8 Å². The number of ether oxygens (including phenoxy) is 1. The first kappa shape index (κ1) is 18.2. The summed E-state index contributed by atoms with van der Waals surface area (Å²) < 4.78 is 7.53. The monoisotopic (exact) mass is 412 g/mol. The van der Waals surface area contributed by atoms with E-state index in [9.17, 15) is 0 Å². The standard InChI is InChI=1S/C19H14Cl2N6O/c20-13-10-15(21)19(23-11-13)28-17-9-5-4-8-16(17)22-12-18-24-25-26-27(18)14-6-2-1-3-7-14/h1-11,22H,12H2. The Balaban J connectivity index is 1.53. The quantitative estimate of drug-likeness (QED) is 0.491. The van der Waals surface area contributed by atoms with Gasteiger partial charge in [-0.15, -0.1) is 5.10 Å². The second-order valence-electron chi connectivity index (χ2n) is 5.73. The van der Waals surface area contributed by atoms with Crippen LogP contribution in [0, 0.1) is 0 Å². The molecule has 1 N–H and O–H groups in total. The van der Waals surface area contributed by atoms with Gasteiger partial charge in [0.25, 0.3) is 0 Å². The Morgan fingerprint density at radius 1 is 1.00 bits per heavy atom. The molecule has 0 saturated carbocycles. The van der Waals surface area contributed by atoms with E-state index in [1.54, 1.807) is 10.7 Å². The summed E-state index contributed by atoms with van der Waals surface area (Å²) in [7, 11) is 0. The van der Waals surface area contributed by atoms with Gasteiger partial charge in [0.2, 0.25) is 5.88 Å². The maximum Gasteiger partial charge on any atom is 0.238 e. The van der Waals surface area contributed by atoms with Crippen molar-refractivity contribution in [1.29, 1.82) is 0 Å². The molecular weight excluding hydrogens is 399 g/mol. The van der Waals surface area contributed by atoms with E-state index in [4.69, 9.17) is 27.9 Å². The highest BCUT2D eigenvalue weighted by Gasteiger charge is 2.12. The average molecular weight is 413 g/mol. The first-order chi connectivity index (χ1) is 13.7. The number of anilines is 1. The lowest BCUT2D eigenvalue weighted by molar-refractivity contribution is 0.465. The van der Waals surface area contributed by atoms with E-state index in [1.807, 2.05) is 54.6 Å². The van der Waals surface area contributed by atoms with E-state index in [0.717, 1.165) is 11.4 Å². The molecule has 0 aliphatic rings. The molecule has 4 rings (SSSR count). The molecule has 2 heterocycles. The average Bonchev–Trinajstić information content (AvgIpc) is 3.19. The van der Waals surface area contributed by atoms with Gasteiger partial charge in [0.15, 0.2) is 11.6 Å². The molecular formula is C19H14Cl2N6O. The van der Waals surface area contributed by atoms with Crippen LogP contribution in [0.4, 0.5) is 5.69 Å². The second-order valence-corrected chi connectivity index (χ2v) is 6.58. The maximum absolute atomic E-state index is 6.16. The molecule has 0 fully saturated rings. The predicted molar refractivity (Wildman–Crippen MR) is 107 cm³/mol. The minimum atomic E-state index is 0.273. The van der Waals surface area contributed by atoms with E-state index in [0.29, 0.717) is 28.2 Å². The van der Waals surface area contributed by atoms with E-state index in [1.165, 1.54) is 6.20 Å². The summed E-state index contributed by atoms with van der Waals surface area (Å²) in [6.07, 6.45) is 1.48. The molecule has 9 heteroatoms. The number of aromatic nitrogens is 5. The zero-order valence-corrected chi connectivity index (χ0v) is 16.0. The highest BCUT2D eigenvalue weighted by Crippen LogP contribution is 2.33. The first-order valence-electron chi connectivity index (χ1n) is 8.35. The molecule has 28 heavy (non-hydrogen) atoms. The maximum atomic E-state index is 6.16. The lowest BCUT2D eigenvalue weighted by atomic mass is 10.3. The fraction of sp³-hybridized carbons (Fsp3) is 0.0526. The van der Waals surface area contributed by atoms with Crippen LogP contribution >= 0.6 is 23.2 Å². The van der Waals surface area contributed by atoms with Gasteiger partial charge in [-0.1, -0.05) is 53.5 Å². The number of pyridine rings is 1. The number of halogens is 2. The number of hydrogen-bond donors (Lipinski definition) is 1. The summed E-state index contributed by atoms with van der Waals surface area (Å²) in [5.41, 5.74) is 1.63. The molecule has 0 amide bonds. The van der Waals surface area contributed by atoms with E-state index >= 15 is 0 Å². The molecule has 0 unspecified atom stereocenters. The number of benzene rings is 2. The lowest BCUT2D eigenvalue weighted by Gasteiger charge is -2.13. The third-order valence-corrected chi connectivity index (χ3v) is 4.32. The molecule has 4 aromatic rings. The highest BCUT2D eigenvalue weighted by molar-refractivity contribution is 6.35. The summed E-state index contributed by atoms with van der Waals surface area (Å²) in [5, 5.41) is 16.0. The molecule has 2 aromatic heterocycles. The third-order valence-electron chi connectivity index (χ3n) is 3.84. The zero-order chi connectivity index (χ0) is 19.3. The topological polar surface area (TPSA) is 77.8 Å². The smallest absolute Gasteiger partial charge is 0.238 e. The van der Waals surface area contributed by atoms with Gasteiger partial charge in [-0.05, 0) is 40.8 Å². The number of nitrogens with one attached hydrogen (secondary N) is 1. The molecule has 0 aliphatic heterocycles. The molecule has 140 valence electrons. The largest absolute Gasteiger partial charge is 0.435 e. The number of hydrogen-bond acceptors (Lipinski definition) is 6. The van der Waals surface area contributed by atoms with Crippen molar-refractivity contribution in [3.05, 3.63) is 82.7 Å². The summed E-state index contributed by atoms with van der Waals surface area (Å²) >= 11 is 12.0. The lowest BCUT2D eigenvalue weighted by Crippen LogP contribution is -2.09. The predicted octanol–water partition coefficient (Wildman–Crippen LogP) is 4.77. The molecule has 7 nitrogen and oxygen atoms in total. The SMILES string of the molecule is Clc1cnc(Oc2ccccc2NCc2nnnn2-c2ccccc2)c(Cl)c1. The Hall–Kier alpha value is -3.16. The van der Waals surface area contributed by atoms with Crippen LogP contribution in [0.15, 0.2) is 66.9 Å². The van der Waals surface area contributed by atoms with Crippen molar-refractivity contribution < 1.29 is 4.74 Å². The van der Waals surface area contributed by atoms with Crippen LogP contribution in [-0.4, -0.2) is 25.2 Å². The Bertz CT molecular complexity index is 1090. The van der Waals surface area contributed by atoms with Crippen molar-refractivity contribution in [1.82, 2.24) is 25.2 Å². The van der Waals surface area contributed by atoms with Crippen LogP contribution < -0.4 is 10.1 Å². The Morgan fingerprint density at radius 2 is 1.79 bits per heavy atom. The summed E-state index contributed by atoms with van der Waals surface area (Å²) in [6.45, 7) is 0.393. The minimum absolute atomic E-state index is 0.273. The van der Waals surface area contributed by atoms with Crippen molar-refractivity contribution in [2.75, 3.05) is 5.32 Å². The zero-order valence-electron chi connectivity index (χ0n) is 14.5. The normalized spacial score (nSPS) is 10.6. The third kappa shape index (κ3) is 4.05. The fourth-order valence-electron chi connectivity index (χ4n) is 2.54. The minimum Gasteiger partial charge on any atom is -0.435 e. The van der Waals surface area contributed by atoms with E-state index in [-0.39, 0.29) is 5.88 Å². The van der Waals surface area contributed by atoms with Crippen LogP contribution in [0.25, 0.3) is 5.69 Å². The number of rotatable bonds is 6. The van der Waals surface area contributed by atoms with Crippen molar-refractivity contribution in [3.63, 3.8) is 0 Å². The van der Waals surface area contributed by atoms with Gasteiger partial charge in [-0.3, -0.25) is 0 Å². The van der Waals surface area contributed by atoms with Crippen molar-refractivity contribution >= 4 is 28.9 Å². The molecule has 2 aromatic carbocycles. The summed E-state index contributed by atoms with van der Waals surface area (Å²) in [5.74, 6) is 1.50.